The van der Waals surface area contributed by atoms with Crippen LogP contribution in [0.25, 0.3) is 0 Å². The van der Waals surface area contributed by atoms with Crippen LogP contribution in [-0.4, -0.2) is 31.6 Å². The van der Waals surface area contributed by atoms with Crippen LogP contribution < -0.4 is 5.32 Å². The Morgan fingerprint density at radius 3 is 2.71 bits per heavy atom. The van der Waals surface area contributed by atoms with E-state index in [9.17, 15) is 0 Å². The van der Waals surface area contributed by atoms with Crippen LogP contribution in [0, 0.1) is 0 Å². The molecule has 0 saturated carbocycles. The summed E-state index contributed by atoms with van der Waals surface area (Å²) >= 11 is 0. The van der Waals surface area contributed by atoms with Crippen LogP contribution in [0.3, 0.4) is 0 Å². The second kappa shape index (κ2) is 5.63. The van der Waals surface area contributed by atoms with Crippen LogP contribution in [0.2, 0.25) is 0 Å². The molecule has 0 aliphatic carbocycles. The normalized spacial score (nSPS) is 22.8. The van der Waals surface area contributed by atoms with E-state index in [1.807, 2.05) is 19.9 Å². The summed E-state index contributed by atoms with van der Waals surface area (Å²) in [5, 5.41) is 3.41. The minimum Gasteiger partial charge on any atom is -0.348 e. The number of ether oxygens (including phenoxy) is 2. The summed E-state index contributed by atoms with van der Waals surface area (Å²) in [5.41, 5.74) is 1.36. The smallest absolute Gasteiger partial charge is 0.163 e. The van der Waals surface area contributed by atoms with Gasteiger partial charge in [-0.15, -0.1) is 0 Å². The highest BCUT2D eigenvalue weighted by Gasteiger charge is 2.31. The van der Waals surface area contributed by atoms with Crippen molar-refractivity contribution < 1.29 is 9.47 Å². The van der Waals surface area contributed by atoms with Gasteiger partial charge in [0.15, 0.2) is 5.79 Å². The third-order valence-electron chi connectivity index (χ3n) is 2.87. The van der Waals surface area contributed by atoms with Crippen LogP contribution in [-0.2, 0) is 15.9 Å². The van der Waals surface area contributed by atoms with Gasteiger partial charge in [0.05, 0.1) is 12.7 Å². The minimum absolute atomic E-state index is 0.181. The van der Waals surface area contributed by atoms with E-state index in [0.717, 1.165) is 19.5 Å². The molecule has 0 aromatic heterocycles. The molecular formula is C14H21NO2. The van der Waals surface area contributed by atoms with Crippen molar-refractivity contribution in [1.29, 1.82) is 0 Å². The van der Waals surface area contributed by atoms with E-state index >= 15 is 0 Å². The predicted octanol–water partition coefficient (Wildman–Crippen LogP) is 1.97. The van der Waals surface area contributed by atoms with E-state index in [1.165, 1.54) is 5.56 Å². The zero-order chi connectivity index (χ0) is 12.1. The molecule has 1 aliphatic heterocycles. The van der Waals surface area contributed by atoms with Crippen LogP contribution in [0.5, 0.6) is 0 Å². The molecule has 1 atom stereocenters. The van der Waals surface area contributed by atoms with Gasteiger partial charge in [-0.1, -0.05) is 30.3 Å². The van der Waals surface area contributed by atoms with Crippen molar-refractivity contribution in [3.8, 4) is 0 Å². The lowest BCUT2D eigenvalue weighted by molar-refractivity contribution is -0.137. The summed E-state index contributed by atoms with van der Waals surface area (Å²) < 4.78 is 11.2. The highest BCUT2D eigenvalue weighted by atomic mass is 16.7. The number of hydrogen-bond acceptors (Lipinski definition) is 3. The van der Waals surface area contributed by atoms with Crippen molar-refractivity contribution in [3.63, 3.8) is 0 Å². The van der Waals surface area contributed by atoms with Gasteiger partial charge in [-0.2, -0.15) is 0 Å². The van der Waals surface area contributed by atoms with Gasteiger partial charge in [0, 0.05) is 6.54 Å². The summed E-state index contributed by atoms with van der Waals surface area (Å²) in [6.07, 6.45) is 1.23. The highest BCUT2D eigenvalue weighted by Crippen LogP contribution is 2.21. The third kappa shape index (κ3) is 4.11. The Morgan fingerprint density at radius 2 is 2.06 bits per heavy atom. The lowest BCUT2D eigenvalue weighted by Gasteiger charge is -2.17. The van der Waals surface area contributed by atoms with Gasteiger partial charge in [-0.3, -0.25) is 0 Å². The van der Waals surface area contributed by atoms with Gasteiger partial charge in [0.2, 0.25) is 0 Å². The summed E-state index contributed by atoms with van der Waals surface area (Å²) in [6.45, 7) is 6.43. The number of rotatable bonds is 5. The summed E-state index contributed by atoms with van der Waals surface area (Å²) in [6, 6.07) is 10.5. The number of benzene rings is 1. The molecular weight excluding hydrogens is 214 g/mol. The largest absolute Gasteiger partial charge is 0.348 e. The van der Waals surface area contributed by atoms with Crippen molar-refractivity contribution in [2.45, 2.75) is 32.2 Å². The van der Waals surface area contributed by atoms with Gasteiger partial charge >= 0.3 is 0 Å². The van der Waals surface area contributed by atoms with E-state index in [0.29, 0.717) is 6.61 Å². The molecule has 1 heterocycles. The second-order valence-corrected chi connectivity index (χ2v) is 4.89. The highest BCUT2D eigenvalue weighted by molar-refractivity contribution is 5.14. The van der Waals surface area contributed by atoms with Gasteiger partial charge in [-0.05, 0) is 32.4 Å². The zero-order valence-electron chi connectivity index (χ0n) is 10.6. The second-order valence-electron chi connectivity index (χ2n) is 4.89. The average molecular weight is 235 g/mol. The predicted molar refractivity (Wildman–Crippen MR) is 67.9 cm³/mol. The zero-order valence-corrected chi connectivity index (χ0v) is 10.6. The molecule has 3 nitrogen and oxygen atoms in total. The Bertz CT molecular complexity index is 337. The molecule has 2 rings (SSSR count). The van der Waals surface area contributed by atoms with Crippen molar-refractivity contribution in [2.24, 2.45) is 0 Å². The molecule has 17 heavy (non-hydrogen) atoms. The van der Waals surface area contributed by atoms with Gasteiger partial charge in [0.1, 0.15) is 0 Å². The quantitative estimate of drug-likeness (QED) is 0.792. The van der Waals surface area contributed by atoms with E-state index in [-0.39, 0.29) is 6.10 Å². The minimum atomic E-state index is -0.411. The SMILES string of the molecule is CC1(C)OC[C@H](CNCCc2ccccc2)O1. The molecule has 1 saturated heterocycles. The van der Waals surface area contributed by atoms with Crippen LogP contribution >= 0.6 is 0 Å². The van der Waals surface area contributed by atoms with E-state index in [2.05, 4.69) is 29.6 Å². The van der Waals surface area contributed by atoms with Gasteiger partial charge in [0.25, 0.3) is 0 Å². The first-order valence-corrected chi connectivity index (χ1v) is 6.22. The van der Waals surface area contributed by atoms with Crippen LogP contribution in [0.1, 0.15) is 19.4 Å². The van der Waals surface area contributed by atoms with Crippen LogP contribution in [0.15, 0.2) is 30.3 Å². The molecule has 1 aromatic carbocycles. The molecule has 1 N–H and O–H groups in total. The Labute approximate surface area is 103 Å². The first kappa shape index (κ1) is 12.6. The standard InChI is InChI=1S/C14H21NO2/c1-14(2)16-11-13(17-14)10-15-9-8-12-6-4-3-5-7-12/h3-7,13,15H,8-11H2,1-2H3/t13-/m0/s1. The Kier molecular flexibility index (Phi) is 4.15. The lowest BCUT2D eigenvalue weighted by atomic mass is 10.1. The monoisotopic (exact) mass is 235 g/mol. The summed E-state index contributed by atoms with van der Waals surface area (Å²) in [4.78, 5) is 0. The van der Waals surface area contributed by atoms with E-state index in [1.54, 1.807) is 0 Å². The molecule has 3 heteroatoms. The first-order chi connectivity index (χ1) is 8.16. The lowest BCUT2D eigenvalue weighted by Crippen LogP contribution is -2.31. The molecule has 0 unspecified atom stereocenters. The fraction of sp³-hybridized carbons (Fsp3) is 0.571. The summed E-state index contributed by atoms with van der Waals surface area (Å²) in [7, 11) is 0. The first-order valence-electron chi connectivity index (χ1n) is 6.22. The summed E-state index contributed by atoms with van der Waals surface area (Å²) in [5.74, 6) is -0.411. The molecule has 0 bridgehead atoms. The molecule has 1 fully saturated rings. The fourth-order valence-corrected chi connectivity index (χ4v) is 2.00. The molecule has 1 aliphatic rings. The maximum atomic E-state index is 5.72. The van der Waals surface area contributed by atoms with Crippen molar-refractivity contribution >= 4 is 0 Å². The van der Waals surface area contributed by atoms with E-state index in [4.69, 9.17) is 9.47 Å². The Morgan fingerprint density at radius 1 is 1.29 bits per heavy atom. The fourth-order valence-electron chi connectivity index (χ4n) is 2.00. The van der Waals surface area contributed by atoms with Crippen molar-refractivity contribution in [2.75, 3.05) is 19.7 Å². The van der Waals surface area contributed by atoms with Gasteiger partial charge in [-0.25, -0.2) is 0 Å². The Hall–Kier alpha value is -0.900. The maximum Gasteiger partial charge on any atom is 0.163 e. The topological polar surface area (TPSA) is 30.5 Å². The molecule has 0 amide bonds. The Balaban J connectivity index is 1.61. The van der Waals surface area contributed by atoms with Crippen LogP contribution in [0.4, 0.5) is 0 Å². The van der Waals surface area contributed by atoms with Gasteiger partial charge < -0.3 is 14.8 Å². The van der Waals surface area contributed by atoms with E-state index < -0.39 is 5.79 Å². The van der Waals surface area contributed by atoms with Crippen molar-refractivity contribution in [3.05, 3.63) is 35.9 Å². The number of nitrogens with one attached hydrogen (secondary N) is 1. The number of hydrogen-bond donors (Lipinski definition) is 1. The molecule has 94 valence electrons. The molecule has 0 radical (unpaired) electrons. The maximum absolute atomic E-state index is 5.72. The average Bonchev–Trinajstić information content (AvgIpc) is 2.66. The molecule has 1 aromatic rings. The third-order valence-corrected chi connectivity index (χ3v) is 2.87. The molecule has 0 spiro atoms. The van der Waals surface area contributed by atoms with Crippen molar-refractivity contribution in [1.82, 2.24) is 5.32 Å².